The van der Waals surface area contributed by atoms with E-state index in [0.717, 1.165) is 44.5 Å². The molecule has 0 bridgehead atoms. The maximum Gasteiger partial charge on any atom is 0.0963 e. The van der Waals surface area contributed by atoms with Crippen molar-refractivity contribution in [1.82, 2.24) is 19.1 Å². The maximum absolute atomic E-state index is 4.75. The molecule has 4 heteroatoms. The van der Waals surface area contributed by atoms with Crippen LogP contribution in [0.25, 0.3) is 87.6 Å². The SMILES string of the molecule is c1ccc2c(c1)c1cc(-n3c4ccccc4c4ncccc43)ccc1c1ccc(-n3c4ccccc4c4ncccc43)cc21. The highest BCUT2D eigenvalue weighted by atomic mass is 15.0. The van der Waals surface area contributed by atoms with Crippen LogP contribution in [0.15, 0.2) is 146 Å². The molecule has 6 aromatic carbocycles. The Kier molecular flexibility index (Phi) is 4.69. The van der Waals surface area contributed by atoms with E-state index >= 15 is 0 Å². The second-order valence-corrected chi connectivity index (χ2v) is 11.5. The highest BCUT2D eigenvalue weighted by Gasteiger charge is 2.17. The summed E-state index contributed by atoms with van der Waals surface area (Å²) in [4.78, 5) is 9.50. The van der Waals surface area contributed by atoms with E-state index in [2.05, 4.69) is 130 Å². The monoisotopic (exact) mass is 560 g/mol. The Labute approximate surface area is 252 Å². The minimum atomic E-state index is 1.03. The Morgan fingerprint density at radius 3 is 1.18 bits per heavy atom. The normalized spacial score (nSPS) is 12.1. The van der Waals surface area contributed by atoms with Gasteiger partial charge in [0.25, 0.3) is 0 Å². The quantitative estimate of drug-likeness (QED) is 0.197. The van der Waals surface area contributed by atoms with Gasteiger partial charge in [0, 0.05) is 34.5 Å². The Morgan fingerprint density at radius 2 is 0.705 bits per heavy atom. The summed E-state index contributed by atoms with van der Waals surface area (Å²) in [5.41, 5.74) is 8.88. The molecule has 4 aromatic heterocycles. The molecular weight excluding hydrogens is 536 g/mol. The molecule has 4 heterocycles. The molecule has 44 heavy (non-hydrogen) atoms. The number of fused-ring (bicyclic) bond motifs is 12. The minimum Gasteiger partial charge on any atom is -0.308 e. The lowest BCUT2D eigenvalue weighted by molar-refractivity contribution is 1.18. The average Bonchev–Trinajstić information content (AvgIpc) is 3.61. The van der Waals surface area contributed by atoms with Crippen LogP contribution in [0, 0.1) is 0 Å². The number of nitrogens with zero attached hydrogens (tertiary/aromatic N) is 4. The first-order valence-electron chi connectivity index (χ1n) is 14.9. The van der Waals surface area contributed by atoms with Gasteiger partial charge < -0.3 is 9.13 Å². The lowest BCUT2D eigenvalue weighted by Crippen LogP contribution is -1.96. The van der Waals surface area contributed by atoms with Crippen LogP contribution in [0.5, 0.6) is 0 Å². The van der Waals surface area contributed by atoms with Crippen molar-refractivity contribution in [3.63, 3.8) is 0 Å². The van der Waals surface area contributed by atoms with Crippen LogP contribution in [0.4, 0.5) is 0 Å². The molecule has 0 aliphatic heterocycles. The molecule has 0 aliphatic rings. The highest BCUT2D eigenvalue weighted by molar-refractivity contribution is 6.26. The smallest absolute Gasteiger partial charge is 0.0963 e. The third kappa shape index (κ3) is 3.11. The zero-order chi connectivity index (χ0) is 28.8. The van der Waals surface area contributed by atoms with Gasteiger partial charge in [0.15, 0.2) is 0 Å². The van der Waals surface area contributed by atoms with Crippen molar-refractivity contribution in [1.29, 1.82) is 0 Å². The zero-order valence-corrected chi connectivity index (χ0v) is 23.6. The van der Waals surface area contributed by atoms with Crippen LogP contribution in [-0.4, -0.2) is 19.1 Å². The number of hydrogen-bond donors (Lipinski definition) is 0. The minimum absolute atomic E-state index is 1.03. The number of aromatic nitrogens is 4. The van der Waals surface area contributed by atoms with E-state index in [1.807, 2.05) is 24.5 Å². The lowest BCUT2D eigenvalue weighted by atomic mass is 9.93. The van der Waals surface area contributed by atoms with Crippen molar-refractivity contribution in [2.45, 2.75) is 0 Å². The molecule has 4 nitrogen and oxygen atoms in total. The summed E-state index contributed by atoms with van der Waals surface area (Å²) < 4.78 is 4.69. The van der Waals surface area contributed by atoms with E-state index in [4.69, 9.17) is 9.97 Å². The first-order valence-corrected chi connectivity index (χ1v) is 14.9. The lowest BCUT2D eigenvalue weighted by Gasteiger charge is -2.15. The number of rotatable bonds is 2. The summed E-state index contributed by atoms with van der Waals surface area (Å²) in [6, 6.07) is 48.0. The van der Waals surface area contributed by atoms with Gasteiger partial charge in [-0.1, -0.05) is 72.8 Å². The molecule has 0 saturated heterocycles. The van der Waals surface area contributed by atoms with Gasteiger partial charge in [0.1, 0.15) is 0 Å². The van der Waals surface area contributed by atoms with E-state index in [1.54, 1.807) is 0 Å². The molecule has 0 spiro atoms. The molecule has 0 saturated carbocycles. The predicted octanol–water partition coefficient (Wildman–Crippen LogP) is 10.1. The standard InChI is InChI=1S/C40H24N4/c1-2-10-28-27(9-1)33-23-25(43-35-13-5-3-11-31(35)39-37(43)15-7-21-41-39)17-19-29(33)30-20-18-26(24-34(28)30)44-36-14-6-4-12-32(36)40-38(44)16-8-22-42-40/h1-24H. The van der Waals surface area contributed by atoms with Crippen LogP contribution in [0.2, 0.25) is 0 Å². The Balaban J connectivity index is 1.27. The Bertz CT molecular complexity index is 2460. The van der Waals surface area contributed by atoms with Gasteiger partial charge in [-0.3, -0.25) is 9.97 Å². The van der Waals surface area contributed by atoms with Gasteiger partial charge in [0.2, 0.25) is 0 Å². The van der Waals surface area contributed by atoms with Gasteiger partial charge in [-0.15, -0.1) is 0 Å². The maximum atomic E-state index is 4.75. The molecule has 0 radical (unpaired) electrons. The van der Waals surface area contributed by atoms with Crippen LogP contribution in [0.3, 0.4) is 0 Å². The summed E-state index contributed by atoms with van der Waals surface area (Å²) in [5, 5.41) is 9.81. The summed E-state index contributed by atoms with van der Waals surface area (Å²) in [5.74, 6) is 0. The first kappa shape index (κ1) is 23.6. The first-order chi connectivity index (χ1) is 21.8. The number of hydrogen-bond acceptors (Lipinski definition) is 2. The Hall–Kier alpha value is -6.00. The van der Waals surface area contributed by atoms with E-state index in [0.29, 0.717) is 0 Å². The third-order valence-electron chi connectivity index (χ3n) is 9.18. The van der Waals surface area contributed by atoms with E-state index in [1.165, 1.54) is 43.1 Å². The number of pyridine rings is 2. The molecule has 0 fully saturated rings. The number of benzene rings is 6. The average molecular weight is 561 g/mol. The molecule has 0 atom stereocenters. The van der Waals surface area contributed by atoms with Crippen molar-refractivity contribution in [2.75, 3.05) is 0 Å². The van der Waals surface area contributed by atoms with E-state index < -0.39 is 0 Å². The molecule has 10 rings (SSSR count). The summed E-state index contributed by atoms with van der Waals surface area (Å²) in [6.07, 6.45) is 3.76. The number of para-hydroxylation sites is 2. The largest absolute Gasteiger partial charge is 0.308 e. The summed E-state index contributed by atoms with van der Waals surface area (Å²) in [7, 11) is 0. The molecule has 0 unspecified atom stereocenters. The van der Waals surface area contributed by atoms with Crippen molar-refractivity contribution in [3.8, 4) is 11.4 Å². The van der Waals surface area contributed by atoms with Crippen molar-refractivity contribution >= 4 is 76.2 Å². The van der Waals surface area contributed by atoms with Gasteiger partial charge >= 0.3 is 0 Å². The fraction of sp³-hybridized carbons (Fsp3) is 0. The van der Waals surface area contributed by atoms with Crippen LogP contribution in [-0.2, 0) is 0 Å². The van der Waals surface area contributed by atoms with Crippen LogP contribution in [0.1, 0.15) is 0 Å². The van der Waals surface area contributed by atoms with Crippen molar-refractivity contribution < 1.29 is 0 Å². The van der Waals surface area contributed by atoms with Gasteiger partial charge in [0.05, 0.1) is 33.1 Å². The van der Waals surface area contributed by atoms with Gasteiger partial charge in [-0.05, 0) is 93.0 Å². The van der Waals surface area contributed by atoms with Crippen LogP contribution < -0.4 is 0 Å². The fourth-order valence-electron chi connectivity index (χ4n) is 7.33. The summed E-state index contributed by atoms with van der Waals surface area (Å²) in [6.45, 7) is 0. The van der Waals surface area contributed by atoms with Crippen molar-refractivity contribution in [2.24, 2.45) is 0 Å². The van der Waals surface area contributed by atoms with Crippen LogP contribution >= 0.6 is 0 Å². The van der Waals surface area contributed by atoms with Gasteiger partial charge in [-0.2, -0.15) is 0 Å². The second kappa shape index (κ2) is 8.76. The van der Waals surface area contributed by atoms with E-state index in [9.17, 15) is 0 Å². The molecule has 0 amide bonds. The fourth-order valence-corrected chi connectivity index (χ4v) is 7.33. The highest BCUT2D eigenvalue weighted by Crippen LogP contribution is 2.40. The Morgan fingerprint density at radius 1 is 0.318 bits per heavy atom. The molecule has 0 N–H and O–H groups in total. The summed E-state index contributed by atoms with van der Waals surface area (Å²) >= 11 is 0. The third-order valence-corrected chi connectivity index (χ3v) is 9.18. The van der Waals surface area contributed by atoms with E-state index in [-0.39, 0.29) is 0 Å². The molecular formula is C40H24N4. The van der Waals surface area contributed by atoms with Gasteiger partial charge in [-0.25, -0.2) is 0 Å². The topological polar surface area (TPSA) is 35.6 Å². The predicted molar refractivity (Wildman–Crippen MR) is 183 cm³/mol. The van der Waals surface area contributed by atoms with Crippen molar-refractivity contribution in [3.05, 3.63) is 146 Å². The zero-order valence-electron chi connectivity index (χ0n) is 23.6. The molecule has 10 aromatic rings. The molecule has 204 valence electrons. The second-order valence-electron chi connectivity index (χ2n) is 11.5. The molecule has 0 aliphatic carbocycles.